The van der Waals surface area contributed by atoms with E-state index >= 15 is 0 Å². The fraction of sp³-hybridized carbons (Fsp3) is 0.588. The molecule has 0 radical (unpaired) electrons. The van der Waals surface area contributed by atoms with Crippen LogP contribution in [0.15, 0.2) is 24.3 Å². The van der Waals surface area contributed by atoms with Crippen molar-refractivity contribution in [3.8, 4) is 0 Å². The molecule has 3 heteroatoms. The van der Waals surface area contributed by atoms with E-state index < -0.39 is 5.41 Å². The van der Waals surface area contributed by atoms with Crippen molar-refractivity contribution < 1.29 is 9.18 Å². The van der Waals surface area contributed by atoms with Gasteiger partial charge in [-0.1, -0.05) is 38.0 Å². The molecule has 2 fully saturated rings. The molecule has 0 bridgehead atoms. The molecule has 0 heterocycles. The van der Waals surface area contributed by atoms with Crippen molar-refractivity contribution in [3.63, 3.8) is 0 Å². The number of hydrogen-bond acceptors (Lipinski definition) is 1. The van der Waals surface area contributed by atoms with Crippen molar-refractivity contribution in [3.05, 3.63) is 35.6 Å². The van der Waals surface area contributed by atoms with Crippen LogP contribution in [0.3, 0.4) is 0 Å². The third-order valence-corrected chi connectivity index (χ3v) is 5.00. The average molecular weight is 275 g/mol. The van der Waals surface area contributed by atoms with E-state index in [0.717, 1.165) is 19.3 Å². The summed E-state index contributed by atoms with van der Waals surface area (Å²) in [5.74, 6) is 0.308. The van der Waals surface area contributed by atoms with E-state index in [9.17, 15) is 9.18 Å². The van der Waals surface area contributed by atoms with Gasteiger partial charge in [-0.15, -0.1) is 0 Å². The summed E-state index contributed by atoms with van der Waals surface area (Å²) in [6.45, 7) is 2.20. The van der Waals surface area contributed by atoms with Crippen LogP contribution >= 0.6 is 0 Å². The van der Waals surface area contributed by atoms with Gasteiger partial charge in [0.1, 0.15) is 5.82 Å². The largest absolute Gasteiger partial charge is 0.352 e. The summed E-state index contributed by atoms with van der Waals surface area (Å²) in [6, 6.07) is 6.96. The lowest BCUT2D eigenvalue weighted by Gasteiger charge is -2.31. The first kappa shape index (κ1) is 13.6. The molecule has 20 heavy (non-hydrogen) atoms. The van der Waals surface area contributed by atoms with Gasteiger partial charge in [-0.05, 0) is 37.7 Å². The van der Waals surface area contributed by atoms with Crippen molar-refractivity contribution in [2.75, 3.05) is 0 Å². The SMILES string of the molecule is CC1CCCCC1NC(=O)C1(c2ccccc2F)CC1. The van der Waals surface area contributed by atoms with Gasteiger partial charge in [0.15, 0.2) is 0 Å². The van der Waals surface area contributed by atoms with E-state index in [1.165, 1.54) is 25.3 Å². The van der Waals surface area contributed by atoms with Gasteiger partial charge < -0.3 is 5.32 Å². The second kappa shape index (κ2) is 5.19. The molecule has 0 aliphatic heterocycles. The number of rotatable bonds is 3. The first-order valence-electron chi connectivity index (χ1n) is 7.69. The molecule has 2 saturated carbocycles. The highest BCUT2D eigenvalue weighted by Gasteiger charge is 2.53. The highest BCUT2D eigenvalue weighted by Crippen LogP contribution is 2.49. The van der Waals surface area contributed by atoms with Crippen LogP contribution in [0.5, 0.6) is 0 Å². The van der Waals surface area contributed by atoms with Crippen molar-refractivity contribution in [1.82, 2.24) is 5.32 Å². The van der Waals surface area contributed by atoms with Crippen LogP contribution in [0.1, 0.15) is 51.0 Å². The molecule has 3 rings (SSSR count). The predicted molar refractivity (Wildman–Crippen MR) is 76.9 cm³/mol. The summed E-state index contributed by atoms with van der Waals surface area (Å²) in [6.07, 6.45) is 6.20. The maximum atomic E-state index is 14.0. The first-order chi connectivity index (χ1) is 9.63. The highest BCUT2D eigenvalue weighted by atomic mass is 19.1. The van der Waals surface area contributed by atoms with Crippen molar-refractivity contribution in [2.45, 2.75) is 56.9 Å². The zero-order valence-electron chi connectivity index (χ0n) is 12.0. The van der Waals surface area contributed by atoms with E-state index in [-0.39, 0.29) is 17.8 Å². The summed E-state index contributed by atoms with van der Waals surface area (Å²) in [5.41, 5.74) is -0.0244. The highest BCUT2D eigenvalue weighted by molar-refractivity contribution is 5.91. The van der Waals surface area contributed by atoms with Crippen LogP contribution in [0, 0.1) is 11.7 Å². The molecule has 1 aromatic carbocycles. The molecule has 1 amide bonds. The van der Waals surface area contributed by atoms with Crippen molar-refractivity contribution >= 4 is 5.91 Å². The molecule has 2 aliphatic rings. The van der Waals surface area contributed by atoms with E-state index in [0.29, 0.717) is 11.5 Å². The minimum Gasteiger partial charge on any atom is -0.352 e. The Morgan fingerprint density at radius 3 is 2.60 bits per heavy atom. The molecule has 1 N–H and O–H groups in total. The zero-order valence-corrected chi connectivity index (χ0v) is 12.0. The number of nitrogens with one attached hydrogen (secondary N) is 1. The van der Waals surface area contributed by atoms with Gasteiger partial charge in [0.25, 0.3) is 0 Å². The number of hydrogen-bond donors (Lipinski definition) is 1. The fourth-order valence-electron chi connectivity index (χ4n) is 3.43. The Balaban J connectivity index is 1.75. The third kappa shape index (κ3) is 2.34. The van der Waals surface area contributed by atoms with Crippen LogP contribution in [0.2, 0.25) is 0 Å². The number of amides is 1. The Kier molecular flexibility index (Phi) is 3.53. The number of carbonyl (C=O) groups is 1. The summed E-state index contributed by atoms with van der Waals surface area (Å²) >= 11 is 0. The molecule has 0 aromatic heterocycles. The lowest BCUT2D eigenvalue weighted by atomic mass is 9.85. The topological polar surface area (TPSA) is 29.1 Å². The third-order valence-electron chi connectivity index (χ3n) is 5.00. The molecular weight excluding hydrogens is 253 g/mol. The van der Waals surface area contributed by atoms with Crippen molar-refractivity contribution in [1.29, 1.82) is 0 Å². The van der Waals surface area contributed by atoms with Gasteiger partial charge in [0, 0.05) is 11.6 Å². The summed E-state index contributed by atoms with van der Waals surface area (Å²) in [7, 11) is 0. The number of carbonyl (C=O) groups excluding carboxylic acids is 1. The Bertz CT molecular complexity index is 509. The Hall–Kier alpha value is -1.38. The van der Waals surface area contributed by atoms with Crippen molar-refractivity contribution in [2.24, 2.45) is 5.92 Å². The van der Waals surface area contributed by atoms with Gasteiger partial charge in [0.2, 0.25) is 5.91 Å². The molecule has 2 unspecified atom stereocenters. The van der Waals surface area contributed by atoms with E-state index in [1.54, 1.807) is 12.1 Å². The Morgan fingerprint density at radius 1 is 1.25 bits per heavy atom. The minimum atomic E-state index is -0.595. The van der Waals surface area contributed by atoms with E-state index in [1.807, 2.05) is 6.07 Å². The molecule has 108 valence electrons. The second-order valence-corrected chi connectivity index (χ2v) is 6.40. The first-order valence-corrected chi connectivity index (χ1v) is 7.69. The van der Waals surface area contributed by atoms with Crippen LogP contribution < -0.4 is 5.32 Å². The predicted octanol–water partition coefficient (Wildman–Crippen LogP) is 3.55. The number of halogens is 1. The van der Waals surface area contributed by atoms with Crippen LogP contribution in [-0.4, -0.2) is 11.9 Å². The lowest BCUT2D eigenvalue weighted by Crippen LogP contribution is -2.45. The van der Waals surface area contributed by atoms with Crippen LogP contribution in [-0.2, 0) is 10.2 Å². The monoisotopic (exact) mass is 275 g/mol. The van der Waals surface area contributed by atoms with Gasteiger partial charge in [-0.25, -0.2) is 4.39 Å². The molecule has 2 nitrogen and oxygen atoms in total. The normalized spacial score (nSPS) is 27.9. The van der Waals surface area contributed by atoms with Gasteiger partial charge in [-0.2, -0.15) is 0 Å². The summed E-state index contributed by atoms with van der Waals surface area (Å²) in [5, 5.41) is 3.19. The van der Waals surface area contributed by atoms with Gasteiger partial charge in [0.05, 0.1) is 5.41 Å². The number of benzene rings is 1. The summed E-state index contributed by atoms with van der Waals surface area (Å²) in [4.78, 5) is 12.6. The zero-order chi connectivity index (χ0) is 14.2. The maximum Gasteiger partial charge on any atom is 0.230 e. The summed E-state index contributed by atoms with van der Waals surface area (Å²) < 4.78 is 14.0. The molecular formula is C17H22FNO. The van der Waals surface area contributed by atoms with Crippen LogP contribution in [0.25, 0.3) is 0 Å². The van der Waals surface area contributed by atoms with E-state index in [2.05, 4.69) is 12.2 Å². The van der Waals surface area contributed by atoms with Gasteiger partial charge >= 0.3 is 0 Å². The lowest BCUT2D eigenvalue weighted by molar-refractivity contribution is -0.125. The fourth-order valence-corrected chi connectivity index (χ4v) is 3.43. The quantitative estimate of drug-likeness (QED) is 0.898. The molecule has 0 saturated heterocycles. The van der Waals surface area contributed by atoms with Gasteiger partial charge in [-0.3, -0.25) is 4.79 Å². The standard InChI is InChI=1S/C17H22FNO/c1-12-6-2-5-9-15(12)19-16(20)17(10-11-17)13-7-3-4-8-14(13)18/h3-4,7-8,12,15H,2,5-6,9-11H2,1H3,(H,19,20). The molecule has 2 atom stereocenters. The Morgan fingerprint density at radius 2 is 1.95 bits per heavy atom. The maximum absolute atomic E-state index is 14.0. The Labute approximate surface area is 119 Å². The minimum absolute atomic E-state index is 0.0290. The molecule has 1 aromatic rings. The second-order valence-electron chi connectivity index (χ2n) is 6.40. The molecule has 2 aliphatic carbocycles. The average Bonchev–Trinajstić information content (AvgIpc) is 3.23. The molecule has 0 spiro atoms. The smallest absolute Gasteiger partial charge is 0.230 e. The van der Waals surface area contributed by atoms with E-state index in [4.69, 9.17) is 0 Å². The van der Waals surface area contributed by atoms with Crippen LogP contribution in [0.4, 0.5) is 4.39 Å².